The molecule has 0 spiro atoms. The van der Waals surface area contributed by atoms with Crippen LogP contribution in [-0.2, 0) is 9.53 Å². The maximum absolute atomic E-state index is 11.9. The van der Waals surface area contributed by atoms with Crippen molar-refractivity contribution in [2.24, 2.45) is 0 Å². The molecule has 2 rings (SSSR count). The number of benzene rings is 1. The van der Waals surface area contributed by atoms with E-state index in [0.717, 1.165) is 0 Å². The largest absolute Gasteiger partial charge is 0.378 e. The fourth-order valence-electron chi connectivity index (χ4n) is 1.72. The van der Waals surface area contributed by atoms with E-state index in [-0.39, 0.29) is 23.9 Å². The molecule has 1 fully saturated rings. The Hall–Kier alpha value is -1.51. The molecule has 2 N–H and O–H groups in total. The smallest absolute Gasteiger partial charge is 0.293 e. The summed E-state index contributed by atoms with van der Waals surface area (Å²) in [6, 6.07) is 3.98. The number of rotatable bonds is 3. The van der Waals surface area contributed by atoms with Crippen LogP contribution in [0.5, 0.6) is 0 Å². The number of nitrogens with zero attached hydrogens (tertiary/aromatic N) is 1. The van der Waals surface area contributed by atoms with E-state index in [0.29, 0.717) is 17.6 Å². The summed E-state index contributed by atoms with van der Waals surface area (Å²) >= 11 is 3.16. The Kier molecular flexibility index (Phi) is 4.46. The average molecular weight is 330 g/mol. The van der Waals surface area contributed by atoms with Gasteiger partial charge in [0, 0.05) is 17.1 Å². The van der Waals surface area contributed by atoms with E-state index in [1.54, 1.807) is 6.07 Å². The molecule has 1 atom stereocenters. The first kappa shape index (κ1) is 13.9. The molecule has 0 radical (unpaired) electrons. The number of nitro groups is 1. The van der Waals surface area contributed by atoms with Crippen molar-refractivity contribution >= 4 is 33.2 Å². The second kappa shape index (κ2) is 6.09. The van der Waals surface area contributed by atoms with Gasteiger partial charge in [0.1, 0.15) is 11.7 Å². The number of carbonyl (C=O) groups is 1. The van der Waals surface area contributed by atoms with Gasteiger partial charge in [0.2, 0.25) is 5.91 Å². The number of amides is 1. The minimum absolute atomic E-state index is 0.153. The second-order valence-corrected chi connectivity index (χ2v) is 4.91. The van der Waals surface area contributed by atoms with Crippen LogP contribution in [0.1, 0.15) is 0 Å². The van der Waals surface area contributed by atoms with Gasteiger partial charge in [0.05, 0.1) is 18.1 Å². The van der Waals surface area contributed by atoms with Crippen LogP contribution in [0.4, 0.5) is 11.4 Å². The third-order valence-corrected chi connectivity index (χ3v) is 3.15. The van der Waals surface area contributed by atoms with E-state index in [4.69, 9.17) is 4.74 Å². The van der Waals surface area contributed by atoms with Crippen molar-refractivity contribution in [1.29, 1.82) is 0 Å². The topological polar surface area (TPSA) is 93.5 Å². The van der Waals surface area contributed by atoms with Gasteiger partial charge in [-0.3, -0.25) is 14.9 Å². The third-order valence-electron chi connectivity index (χ3n) is 2.65. The van der Waals surface area contributed by atoms with Crippen LogP contribution in [0.25, 0.3) is 0 Å². The Morgan fingerprint density at radius 1 is 1.58 bits per heavy atom. The zero-order chi connectivity index (χ0) is 13.8. The molecule has 8 heteroatoms. The first-order valence-electron chi connectivity index (χ1n) is 5.64. The summed E-state index contributed by atoms with van der Waals surface area (Å²) in [5.74, 6) is -0.342. The Labute approximate surface area is 117 Å². The average Bonchev–Trinajstić information content (AvgIpc) is 2.41. The van der Waals surface area contributed by atoms with Crippen molar-refractivity contribution in [3.63, 3.8) is 0 Å². The molecule has 1 heterocycles. The summed E-state index contributed by atoms with van der Waals surface area (Å²) in [6.45, 7) is 1.40. The second-order valence-electron chi connectivity index (χ2n) is 3.99. The molecular formula is C11H12BrN3O4. The molecule has 1 aromatic carbocycles. The van der Waals surface area contributed by atoms with Crippen LogP contribution in [0.3, 0.4) is 0 Å². The number of carbonyl (C=O) groups excluding carboxylic acids is 1. The SMILES string of the molecule is O=C(Nc1ccc(Br)cc1[N+](=O)[O-])C1COCCN1. The molecule has 1 aliphatic heterocycles. The van der Waals surface area contributed by atoms with E-state index in [1.165, 1.54) is 12.1 Å². The maximum Gasteiger partial charge on any atom is 0.293 e. The molecule has 0 aromatic heterocycles. The van der Waals surface area contributed by atoms with E-state index >= 15 is 0 Å². The summed E-state index contributed by atoms with van der Waals surface area (Å²) in [5.41, 5.74) is 0.0185. The molecule has 0 aliphatic carbocycles. The van der Waals surface area contributed by atoms with Crippen molar-refractivity contribution in [1.82, 2.24) is 5.32 Å². The molecular weight excluding hydrogens is 318 g/mol. The number of nitro benzene ring substituents is 1. The highest BCUT2D eigenvalue weighted by atomic mass is 79.9. The predicted octanol–water partition coefficient (Wildman–Crippen LogP) is 1.28. The quantitative estimate of drug-likeness (QED) is 0.643. The minimum Gasteiger partial charge on any atom is -0.378 e. The zero-order valence-electron chi connectivity index (χ0n) is 9.89. The maximum atomic E-state index is 11.9. The Balaban J connectivity index is 2.13. The number of ether oxygens (including phenoxy) is 1. The van der Waals surface area contributed by atoms with Crippen LogP contribution in [0, 0.1) is 10.1 Å². The molecule has 1 unspecified atom stereocenters. The summed E-state index contributed by atoms with van der Waals surface area (Å²) in [7, 11) is 0. The van der Waals surface area contributed by atoms with Crippen molar-refractivity contribution in [3.8, 4) is 0 Å². The molecule has 1 aromatic rings. The molecule has 0 bridgehead atoms. The fraction of sp³-hybridized carbons (Fsp3) is 0.364. The monoisotopic (exact) mass is 329 g/mol. The van der Waals surface area contributed by atoms with Crippen molar-refractivity contribution in [2.75, 3.05) is 25.1 Å². The highest BCUT2D eigenvalue weighted by Gasteiger charge is 2.24. The van der Waals surface area contributed by atoms with Gasteiger partial charge in [0.15, 0.2) is 0 Å². The third kappa shape index (κ3) is 3.49. The lowest BCUT2D eigenvalue weighted by atomic mass is 10.2. The first-order chi connectivity index (χ1) is 9.08. The number of morpholine rings is 1. The van der Waals surface area contributed by atoms with Crippen LogP contribution in [0.15, 0.2) is 22.7 Å². The number of hydrogen-bond donors (Lipinski definition) is 2. The van der Waals surface area contributed by atoms with Crippen molar-refractivity contribution in [3.05, 3.63) is 32.8 Å². The van der Waals surface area contributed by atoms with Gasteiger partial charge in [-0.05, 0) is 12.1 Å². The van der Waals surface area contributed by atoms with Gasteiger partial charge in [-0.1, -0.05) is 15.9 Å². The van der Waals surface area contributed by atoms with Crippen LogP contribution < -0.4 is 10.6 Å². The molecule has 1 amide bonds. The lowest BCUT2D eigenvalue weighted by Gasteiger charge is -2.22. The molecule has 19 heavy (non-hydrogen) atoms. The van der Waals surface area contributed by atoms with Gasteiger partial charge in [-0.2, -0.15) is 0 Å². The van der Waals surface area contributed by atoms with Gasteiger partial charge >= 0.3 is 0 Å². The van der Waals surface area contributed by atoms with E-state index in [1.807, 2.05) is 0 Å². The summed E-state index contributed by atoms with van der Waals surface area (Å²) in [5, 5.41) is 16.5. The number of halogens is 1. The standard InChI is InChI=1S/C11H12BrN3O4/c12-7-1-2-8(10(5-7)15(17)18)14-11(16)9-6-19-4-3-13-9/h1-2,5,9,13H,3-4,6H2,(H,14,16). The molecule has 7 nitrogen and oxygen atoms in total. The molecule has 0 saturated carbocycles. The van der Waals surface area contributed by atoms with E-state index in [2.05, 4.69) is 26.6 Å². The number of anilines is 1. The van der Waals surface area contributed by atoms with Gasteiger partial charge in [-0.15, -0.1) is 0 Å². The zero-order valence-corrected chi connectivity index (χ0v) is 11.5. The highest BCUT2D eigenvalue weighted by molar-refractivity contribution is 9.10. The Bertz CT molecular complexity index is 503. The van der Waals surface area contributed by atoms with Crippen molar-refractivity contribution in [2.45, 2.75) is 6.04 Å². The highest BCUT2D eigenvalue weighted by Crippen LogP contribution is 2.28. The van der Waals surface area contributed by atoms with E-state index < -0.39 is 11.0 Å². The minimum atomic E-state index is -0.537. The first-order valence-corrected chi connectivity index (χ1v) is 6.43. The number of hydrogen-bond acceptors (Lipinski definition) is 5. The van der Waals surface area contributed by atoms with Crippen LogP contribution in [0.2, 0.25) is 0 Å². The summed E-state index contributed by atoms with van der Waals surface area (Å²) in [4.78, 5) is 22.3. The predicted molar refractivity (Wildman–Crippen MR) is 72.0 cm³/mol. The molecule has 102 valence electrons. The van der Waals surface area contributed by atoms with Gasteiger partial charge < -0.3 is 15.4 Å². The van der Waals surface area contributed by atoms with E-state index in [9.17, 15) is 14.9 Å². The van der Waals surface area contributed by atoms with Crippen LogP contribution in [-0.4, -0.2) is 36.6 Å². The lowest BCUT2D eigenvalue weighted by molar-refractivity contribution is -0.384. The molecule has 1 aliphatic rings. The fourth-order valence-corrected chi connectivity index (χ4v) is 2.06. The number of nitrogens with one attached hydrogen (secondary N) is 2. The Morgan fingerprint density at radius 3 is 3.00 bits per heavy atom. The summed E-state index contributed by atoms with van der Waals surface area (Å²) in [6.07, 6.45) is 0. The Morgan fingerprint density at radius 2 is 2.37 bits per heavy atom. The molecule has 1 saturated heterocycles. The van der Waals surface area contributed by atoms with Crippen LogP contribution >= 0.6 is 15.9 Å². The summed E-state index contributed by atoms with van der Waals surface area (Å²) < 4.78 is 5.75. The lowest BCUT2D eigenvalue weighted by Crippen LogP contribution is -2.48. The van der Waals surface area contributed by atoms with Crippen molar-refractivity contribution < 1.29 is 14.5 Å². The normalized spacial score (nSPS) is 18.9. The van der Waals surface area contributed by atoms with Gasteiger partial charge in [-0.25, -0.2) is 0 Å². The van der Waals surface area contributed by atoms with Gasteiger partial charge in [0.25, 0.3) is 5.69 Å².